The average molecular weight is 364 g/mol. The van der Waals surface area contributed by atoms with Gasteiger partial charge in [-0.2, -0.15) is 0 Å². The first-order valence-electron chi connectivity index (χ1n) is 9.96. The molecule has 0 aliphatic carbocycles. The van der Waals surface area contributed by atoms with Crippen LogP contribution in [0.25, 0.3) is 0 Å². The number of likely N-dealkylation sites (tertiary alicyclic amines) is 1. The van der Waals surface area contributed by atoms with Crippen LogP contribution in [0.15, 0.2) is 54.6 Å². The number of nitrogens with zero attached hydrogens (tertiary/aromatic N) is 2. The average Bonchev–Trinajstić information content (AvgIpc) is 2.93. The van der Waals surface area contributed by atoms with Crippen LogP contribution in [0.5, 0.6) is 5.75 Å². The van der Waals surface area contributed by atoms with E-state index >= 15 is 0 Å². The van der Waals surface area contributed by atoms with Gasteiger partial charge in [0, 0.05) is 37.3 Å². The molecule has 0 radical (unpaired) electrons. The highest BCUT2D eigenvalue weighted by atomic mass is 16.5. The Morgan fingerprint density at radius 1 is 1.00 bits per heavy atom. The van der Waals surface area contributed by atoms with E-state index in [9.17, 15) is 4.79 Å². The van der Waals surface area contributed by atoms with Crippen molar-refractivity contribution in [3.8, 4) is 5.75 Å². The molecule has 4 nitrogen and oxygen atoms in total. The summed E-state index contributed by atoms with van der Waals surface area (Å²) < 4.78 is 5.69. The lowest BCUT2D eigenvalue weighted by molar-refractivity contribution is 0.0405. The number of carbonyl (C=O) groups is 1. The van der Waals surface area contributed by atoms with Crippen molar-refractivity contribution >= 4 is 5.91 Å². The minimum atomic E-state index is 0.139. The standard InChI is InChI=1S/C23H28N2O2/c1-17(2)27-22-12-8-19(9-13-22)23(26)25-20-10-11-21(25)16-24(15-20)14-18-6-4-3-5-7-18/h3-9,12-13,17,20-21H,10-11,14-16H2,1-2H3/t20-,21-/m1/s1. The van der Waals surface area contributed by atoms with Crippen molar-refractivity contribution < 1.29 is 9.53 Å². The zero-order chi connectivity index (χ0) is 18.8. The van der Waals surface area contributed by atoms with Crippen molar-refractivity contribution in [3.63, 3.8) is 0 Å². The van der Waals surface area contributed by atoms with E-state index in [1.165, 1.54) is 5.56 Å². The molecule has 27 heavy (non-hydrogen) atoms. The number of rotatable bonds is 5. The van der Waals surface area contributed by atoms with Gasteiger partial charge >= 0.3 is 0 Å². The summed E-state index contributed by atoms with van der Waals surface area (Å²) in [5.41, 5.74) is 2.11. The highest BCUT2D eigenvalue weighted by Gasteiger charge is 2.42. The molecule has 142 valence electrons. The van der Waals surface area contributed by atoms with E-state index in [0.717, 1.165) is 43.8 Å². The Morgan fingerprint density at radius 3 is 2.22 bits per heavy atom. The van der Waals surface area contributed by atoms with Crippen LogP contribution in [0.3, 0.4) is 0 Å². The zero-order valence-electron chi connectivity index (χ0n) is 16.2. The summed E-state index contributed by atoms with van der Waals surface area (Å²) in [6.45, 7) is 6.91. The van der Waals surface area contributed by atoms with Gasteiger partial charge in [-0.1, -0.05) is 30.3 Å². The maximum absolute atomic E-state index is 13.1. The van der Waals surface area contributed by atoms with Crippen LogP contribution in [-0.4, -0.2) is 47.0 Å². The summed E-state index contributed by atoms with van der Waals surface area (Å²) in [7, 11) is 0. The predicted octanol–water partition coefficient (Wildman–Crippen LogP) is 3.96. The Hall–Kier alpha value is -2.33. The maximum atomic E-state index is 13.1. The van der Waals surface area contributed by atoms with Gasteiger partial charge in [-0.05, 0) is 56.5 Å². The fraction of sp³-hybridized carbons (Fsp3) is 0.435. The number of hydrogen-bond donors (Lipinski definition) is 0. The van der Waals surface area contributed by atoms with Gasteiger partial charge in [0.15, 0.2) is 0 Å². The molecule has 2 heterocycles. The molecule has 2 fully saturated rings. The zero-order valence-corrected chi connectivity index (χ0v) is 16.2. The molecule has 2 saturated heterocycles. The van der Waals surface area contributed by atoms with E-state index in [2.05, 4.69) is 40.1 Å². The van der Waals surface area contributed by atoms with Crippen molar-refractivity contribution in [2.24, 2.45) is 0 Å². The Bertz CT molecular complexity index is 759. The Kier molecular flexibility index (Phi) is 5.17. The predicted molar refractivity (Wildman–Crippen MR) is 107 cm³/mol. The second kappa shape index (κ2) is 7.73. The second-order valence-electron chi connectivity index (χ2n) is 7.97. The topological polar surface area (TPSA) is 32.8 Å². The number of piperazine rings is 1. The molecule has 4 heteroatoms. The van der Waals surface area contributed by atoms with E-state index in [1.807, 2.05) is 38.1 Å². The van der Waals surface area contributed by atoms with E-state index in [4.69, 9.17) is 4.74 Å². The van der Waals surface area contributed by atoms with Gasteiger partial charge in [-0.25, -0.2) is 0 Å². The number of carbonyl (C=O) groups excluding carboxylic acids is 1. The van der Waals surface area contributed by atoms with Crippen molar-refractivity contribution in [3.05, 3.63) is 65.7 Å². The van der Waals surface area contributed by atoms with Gasteiger partial charge in [-0.15, -0.1) is 0 Å². The summed E-state index contributed by atoms with van der Waals surface area (Å²) in [5.74, 6) is 0.982. The third-order valence-electron chi connectivity index (χ3n) is 5.51. The summed E-state index contributed by atoms with van der Waals surface area (Å²) in [5, 5.41) is 0. The van der Waals surface area contributed by atoms with Gasteiger partial charge in [0.1, 0.15) is 5.75 Å². The molecule has 2 bridgehead atoms. The molecule has 0 aromatic heterocycles. The van der Waals surface area contributed by atoms with Crippen LogP contribution >= 0.6 is 0 Å². The smallest absolute Gasteiger partial charge is 0.254 e. The van der Waals surface area contributed by atoms with Crippen LogP contribution in [0.2, 0.25) is 0 Å². The van der Waals surface area contributed by atoms with E-state index < -0.39 is 0 Å². The fourth-order valence-electron chi connectivity index (χ4n) is 4.39. The molecule has 0 N–H and O–H groups in total. The van der Waals surface area contributed by atoms with Crippen molar-refractivity contribution in [1.82, 2.24) is 9.80 Å². The Balaban J connectivity index is 1.42. The molecular weight excluding hydrogens is 336 g/mol. The molecule has 4 rings (SSSR count). The molecule has 2 aliphatic rings. The first kappa shape index (κ1) is 18.1. The second-order valence-corrected chi connectivity index (χ2v) is 7.97. The molecule has 0 spiro atoms. The summed E-state index contributed by atoms with van der Waals surface area (Å²) >= 11 is 0. The summed E-state index contributed by atoms with van der Waals surface area (Å²) in [4.78, 5) is 17.8. The largest absolute Gasteiger partial charge is 0.491 e. The third-order valence-corrected chi connectivity index (χ3v) is 5.51. The third kappa shape index (κ3) is 4.01. The Morgan fingerprint density at radius 2 is 1.63 bits per heavy atom. The molecule has 2 aromatic carbocycles. The fourth-order valence-corrected chi connectivity index (χ4v) is 4.39. The first-order chi connectivity index (χ1) is 13.1. The molecule has 2 atom stereocenters. The number of amides is 1. The van der Waals surface area contributed by atoms with Crippen LogP contribution in [-0.2, 0) is 6.54 Å². The Labute approximate surface area is 161 Å². The van der Waals surface area contributed by atoms with E-state index in [1.54, 1.807) is 0 Å². The van der Waals surface area contributed by atoms with Gasteiger partial charge in [0.05, 0.1) is 6.10 Å². The minimum Gasteiger partial charge on any atom is -0.491 e. The number of benzene rings is 2. The quantitative estimate of drug-likeness (QED) is 0.805. The molecule has 2 aliphatic heterocycles. The minimum absolute atomic E-state index is 0.139. The number of hydrogen-bond acceptors (Lipinski definition) is 3. The first-order valence-corrected chi connectivity index (χ1v) is 9.96. The molecule has 2 aromatic rings. The highest BCUT2D eigenvalue weighted by molar-refractivity contribution is 5.95. The van der Waals surface area contributed by atoms with Gasteiger partial charge < -0.3 is 9.64 Å². The van der Waals surface area contributed by atoms with Crippen molar-refractivity contribution in [2.45, 2.75) is 51.4 Å². The number of ether oxygens (including phenoxy) is 1. The van der Waals surface area contributed by atoms with Crippen molar-refractivity contribution in [2.75, 3.05) is 13.1 Å². The van der Waals surface area contributed by atoms with Crippen LogP contribution < -0.4 is 4.74 Å². The van der Waals surface area contributed by atoms with Crippen LogP contribution in [0.4, 0.5) is 0 Å². The number of fused-ring (bicyclic) bond motifs is 2. The van der Waals surface area contributed by atoms with Crippen LogP contribution in [0.1, 0.15) is 42.6 Å². The highest BCUT2D eigenvalue weighted by Crippen LogP contribution is 2.32. The summed E-state index contributed by atoms with van der Waals surface area (Å²) in [6.07, 6.45) is 2.35. The normalized spacial score (nSPS) is 22.3. The molecule has 1 amide bonds. The SMILES string of the molecule is CC(C)Oc1ccc(C(=O)N2[C@@H]3CC[C@@H]2CN(Cc2ccccc2)C3)cc1. The lowest BCUT2D eigenvalue weighted by Crippen LogP contribution is -2.55. The lowest BCUT2D eigenvalue weighted by atomic mass is 10.1. The van der Waals surface area contributed by atoms with E-state index in [-0.39, 0.29) is 12.0 Å². The van der Waals surface area contributed by atoms with Gasteiger partial charge in [0.25, 0.3) is 5.91 Å². The van der Waals surface area contributed by atoms with Gasteiger partial charge in [-0.3, -0.25) is 9.69 Å². The van der Waals surface area contributed by atoms with Gasteiger partial charge in [0.2, 0.25) is 0 Å². The molecular formula is C23H28N2O2. The summed E-state index contributed by atoms with van der Waals surface area (Å²) in [6, 6.07) is 18.9. The molecule has 0 unspecified atom stereocenters. The lowest BCUT2D eigenvalue weighted by Gasteiger charge is -2.41. The van der Waals surface area contributed by atoms with E-state index in [0.29, 0.717) is 12.1 Å². The van der Waals surface area contributed by atoms with Crippen molar-refractivity contribution in [1.29, 1.82) is 0 Å². The maximum Gasteiger partial charge on any atom is 0.254 e. The van der Waals surface area contributed by atoms with Crippen LogP contribution in [0, 0.1) is 0 Å². The molecule has 0 saturated carbocycles. The monoisotopic (exact) mass is 364 g/mol.